The summed E-state index contributed by atoms with van der Waals surface area (Å²) in [6, 6.07) is 0. The second kappa shape index (κ2) is 11.8. The summed E-state index contributed by atoms with van der Waals surface area (Å²) < 4.78 is 4.98. The lowest BCUT2D eigenvalue weighted by molar-refractivity contribution is -0.139. The lowest BCUT2D eigenvalue weighted by atomic mass is 9.97. The second-order valence-corrected chi connectivity index (χ2v) is 6.00. The fraction of sp³-hybridized carbons (Fsp3) is 0.647. The number of carbonyl (C=O) groups is 1. The monoisotopic (exact) mass is 296 g/mol. The first-order valence-corrected chi connectivity index (χ1v) is 7.92. The van der Waals surface area contributed by atoms with Crippen LogP contribution in [0.4, 0.5) is 0 Å². The lowest BCUT2D eigenvalue weighted by Crippen LogP contribution is -2.12. The van der Waals surface area contributed by atoms with Gasteiger partial charge in [-0.3, -0.25) is 0 Å². The van der Waals surface area contributed by atoms with Gasteiger partial charge >= 0.3 is 5.97 Å². The van der Waals surface area contributed by atoms with Crippen LogP contribution >= 0.6 is 12.2 Å². The number of thiocarbonyl (C=S) groups is 1. The van der Waals surface area contributed by atoms with Crippen molar-refractivity contribution in [2.45, 2.75) is 59.5 Å². The molecule has 0 N–H and O–H groups in total. The SMILES string of the molecule is CC(C)CCCC(C)CC=CC=CC(=O)OC(C)C=S. The van der Waals surface area contributed by atoms with Gasteiger partial charge in [0.2, 0.25) is 0 Å². The summed E-state index contributed by atoms with van der Waals surface area (Å²) in [6.45, 7) is 8.54. The van der Waals surface area contributed by atoms with Gasteiger partial charge in [-0.1, -0.05) is 70.5 Å². The Labute approximate surface area is 129 Å². The molecule has 0 saturated heterocycles. The van der Waals surface area contributed by atoms with Crippen molar-refractivity contribution in [3.05, 3.63) is 24.3 Å². The number of esters is 1. The number of ether oxygens (including phenoxy) is 1. The maximum absolute atomic E-state index is 11.3. The molecule has 2 atom stereocenters. The molecule has 114 valence electrons. The predicted octanol–water partition coefficient (Wildman–Crippen LogP) is 4.88. The van der Waals surface area contributed by atoms with Crippen molar-refractivity contribution >= 4 is 23.6 Å². The summed E-state index contributed by atoms with van der Waals surface area (Å²) in [5.41, 5.74) is 0. The summed E-state index contributed by atoms with van der Waals surface area (Å²) >= 11 is 4.69. The zero-order chi connectivity index (χ0) is 15.4. The van der Waals surface area contributed by atoms with Gasteiger partial charge in [0.15, 0.2) is 0 Å². The first-order chi connectivity index (χ1) is 9.45. The number of carbonyl (C=O) groups excluding carboxylic acids is 1. The molecule has 0 radical (unpaired) electrons. The van der Waals surface area contributed by atoms with Crippen molar-refractivity contribution in [3.63, 3.8) is 0 Å². The molecule has 0 saturated carbocycles. The Morgan fingerprint density at radius 1 is 1.15 bits per heavy atom. The molecule has 2 nitrogen and oxygen atoms in total. The third-order valence-electron chi connectivity index (χ3n) is 2.99. The molecule has 0 aromatic carbocycles. The van der Waals surface area contributed by atoms with Gasteiger partial charge < -0.3 is 4.74 Å². The van der Waals surface area contributed by atoms with Crippen LogP contribution in [0.2, 0.25) is 0 Å². The standard InChI is InChI=1S/C17H28O2S/c1-14(2)9-8-11-15(3)10-6-5-7-12-17(18)19-16(4)13-20/h5-7,12-16H,8-11H2,1-4H3. The number of allylic oxidation sites excluding steroid dienone is 3. The molecule has 0 aromatic rings. The van der Waals surface area contributed by atoms with Crippen molar-refractivity contribution in [2.24, 2.45) is 11.8 Å². The topological polar surface area (TPSA) is 26.3 Å². The van der Waals surface area contributed by atoms with Crippen LogP contribution in [0.25, 0.3) is 0 Å². The van der Waals surface area contributed by atoms with E-state index in [0.717, 1.165) is 12.3 Å². The van der Waals surface area contributed by atoms with Crippen molar-refractivity contribution in [1.82, 2.24) is 0 Å². The quantitative estimate of drug-likeness (QED) is 0.249. The smallest absolute Gasteiger partial charge is 0.331 e. The summed E-state index contributed by atoms with van der Waals surface area (Å²) in [4.78, 5) is 11.3. The molecule has 0 aromatic heterocycles. The number of hydrogen-bond donors (Lipinski definition) is 0. The van der Waals surface area contributed by atoms with Crippen LogP contribution < -0.4 is 0 Å². The molecule has 0 rings (SSSR count). The Morgan fingerprint density at radius 2 is 1.85 bits per heavy atom. The highest BCUT2D eigenvalue weighted by Crippen LogP contribution is 2.15. The summed E-state index contributed by atoms with van der Waals surface area (Å²) in [5.74, 6) is 1.13. The first kappa shape index (κ1) is 19.0. The van der Waals surface area contributed by atoms with Crippen molar-refractivity contribution in [1.29, 1.82) is 0 Å². The van der Waals surface area contributed by atoms with Crippen molar-refractivity contribution in [2.75, 3.05) is 0 Å². The predicted molar refractivity (Wildman–Crippen MR) is 90.0 cm³/mol. The van der Waals surface area contributed by atoms with Crippen molar-refractivity contribution in [3.8, 4) is 0 Å². The van der Waals surface area contributed by atoms with Gasteiger partial charge in [-0.25, -0.2) is 4.79 Å². The molecule has 0 amide bonds. The number of hydrogen-bond acceptors (Lipinski definition) is 3. The Morgan fingerprint density at radius 3 is 2.45 bits per heavy atom. The molecule has 20 heavy (non-hydrogen) atoms. The highest BCUT2D eigenvalue weighted by atomic mass is 32.1. The van der Waals surface area contributed by atoms with E-state index in [1.807, 2.05) is 6.08 Å². The molecular formula is C17H28O2S. The molecule has 3 heteroatoms. The van der Waals surface area contributed by atoms with E-state index in [9.17, 15) is 4.79 Å². The van der Waals surface area contributed by atoms with E-state index in [2.05, 4.69) is 39.1 Å². The van der Waals surface area contributed by atoms with E-state index >= 15 is 0 Å². The first-order valence-electron chi connectivity index (χ1n) is 7.44. The summed E-state index contributed by atoms with van der Waals surface area (Å²) in [5, 5.41) is 1.43. The van der Waals surface area contributed by atoms with E-state index in [1.165, 1.54) is 30.7 Å². The molecule has 0 fully saturated rings. The maximum Gasteiger partial charge on any atom is 0.331 e. The summed E-state index contributed by atoms with van der Waals surface area (Å²) in [7, 11) is 0. The van der Waals surface area contributed by atoms with Crippen LogP contribution in [0.3, 0.4) is 0 Å². The van der Waals surface area contributed by atoms with Gasteiger partial charge in [0, 0.05) is 11.4 Å². The maximum atomic E-state index is 11.3. The largest absolute Gasteiger partial charge is 0.454 e. The van der Waals surface area contributed by atoms with Gasteiger partial charge in [-0.15, -0.1) is 0 Å². The molecule has 2 unspecified atom stereocenters. The average Bonchev–Trinajstić information content (AvgIpc) is 2.37. The molecule has 0 heterocycles. The van der Waals surface area contributed by atoms with E-state index in [4.69, 9.17) is 4.74 Å². The Kier molecular flexibility index (Phi) is 11.3. The van der Waals surface area contributed by atoms with Crippen molar-refractivity contribution < 1.29 is 9.53 Å². The lowest BCUT2D eigenvalue weighted by Gasteiger charge is -2.09. The second-order valence-electron chi connectivity index (χ2n) is 5.73. The zero-order valence-corrected chi connectivity index (χ0v) is 14.0. The van der Waals surface area contributed by atoms with Gasteiger partial charge in [0.25, 0.3) is 0 Å². The highest BCUT2D eigenvalue weighted by Gasteiger charge is 2.02. The van der Waals surface area contributed by atoms with E-state index in [1.54, 1.807) is 13.0 Å². The fourth-order valence-corrected chi connectivity index (χ4v) is 1.82. The molecular weight excluding hydrogens is 268 g/mol. The zero-order valence-electron chi connectivity index (χ0n) is 13.2. The Bertz CT molecular complexity index is 332. The third kappa shape index (κ3) is 12.1. The third-order valence-corrected chi connectivity index (χ3v) is 3.37. The van der Waals surface area contributed by atoms with E-state index in [0.29, 0.717) is 5.92 Å². The molecule has 0 aliphatic rings. The van der Waals surface area contributed by atoms with Gasteiger partial charge in [-0.05, 0) is 25.2 Å². The fourth-order valence-electron chi connectivity index (χ4n) is 1.77. The Hall–Kier alpha value is -0.960. The number of rotatable bonds is 10. The van der Waals surface area contributed by atoms with Crippen LogP contribution in [0, 0.1) is 11.8 Å². The minimum atomic E-state index is -0.353. The molecule has 0 spiro atoms. The van der Waals surface area contributed by atoms with E-state index in [-0.39, 0.29) is 12.1 Å². The van der Waals surface area contributed by atoms with Gasteiger partial charge in [-0.2, -0.15) is 0 Å². The van der Waals surface area contributed by atoms with E-state index < -0.39 is 0 Å². The average molecular weight is 296 g/mol. The minimum Gasteiger partial charge on any atom is -0.454 e. The minimum absolute atomic E-state index is 0.313. The van der Waals surface area contributed by atoms with Gasteiger partial charge in [0.05, 0.1) is 0 Å². The van der Waals surface area contributed by atoms with Crippen LogP contribution in [-0.4, -0.2) is 17.4 Å². The highest BCUT2D eigenvalue weighted by molar-refractivity contribution is 7.79. The summed E-state index contributed by atoms with van der Waals surface area (Å²) in [6.07, 6.45) is 11.8. The van der Waals surface area contributed by atoms with Gasteiger partial charge in [0.1, 0.15) is 6.10 Å². The van der Waals surface area contributed by atoms with Crippen LogP contribution in [0.1, 0.15) is 53.4 Å². The normalized spacial score (nSPS) is 14.8. The van der Waals surface area contributed by atoms with Crippen LogP contribution in [-0.2, 0) is 9.53 Å². The molecule has 0 bridgehead atoms. The molecule has 0 aliphatic carbocycles. The Balaban J connectivity index is 3.78. The van der Waals surface area contributed by atoms with Crippen LogP contribution in [0.5, 0.6) is 0 Å². The van der Waals surface area contributed by atoms with Crippen LogP contribution in [0.15, 0.2) is 24.3 Å². The molecule has 0 aliphatic heterocycles.